The Hall–Kier alpha value is -1.80. The lowest BCUT2D eigenvalue weighted by atomic mass is 9.85. The van der Waals surface area contributed by atoms with Gasteiger partial charge in [0.1, 0.15) is 5.82 Å². The first-order valence-electron chi connectivity index (χ1n) is 8.73. The van der Waals surface area contributed by atoms with Crippen LogP contribution in [0.3, 0.4) is 0 Å². The molecule has 8 heteroatoms. The smallest absolute Gasteiger partial charge is 0.225 e. The number of nitrogens with zero attached hydrogens (tertiary/aromatic N) is 2. The summed E-state index contributed by atoms with van der Waals surface area (Å²) in [5.41, 5.74) is 0.282. The topological polar surface area (TPSA) is 96.4 Å². The summed E-state index contributed by atoms with van der Waals surface area (Å²) in [4.78, 5) is 20.6. The van der Waals surface area contributed by atoms with Crippen molar-refractivity contribution in [2.75, 3.05) is 38.2 Å². The molecule has 0 saturated carbocycles. The number of anilines is 1. The van der Waals surface area contributed by atoms with Crippen LogP contribution in [0.2, 0.25) is 0 Å². The van der Waals surface area contributed by atoms with E-state index in [0.717, 1.165) is 12.8 Å². The molecule has 1 fully saturated rings. The van der Waals surface area contributed by atoms with Crippen LogP contribution in [0.25, 0.3) is 0 Å². The largest absolute Gasteiger partial charge is 0.396 e. The lowest BCUT2D eigenvalue weighted by Gasteiger charge is -2.30. The molecule has 1 aliphatic rings. The minimum Gasteiger partial charge on any atom is -0.396 e. The van der Waals surface area contributed by atoms with Gasteiger partial charge in [-0.3, -0.25) is 4.79 Å². The van der Waals surface area contributed by atoms with E-state index in [0.29, 0.717) is 38.5 Å². The van der Waals surface area contributed by atoms with Crippen LogP contribution >= 0.6 is 0 Å². The summed E-state index contributed by atoms with van der Waals surface area (Å²) in [7, 11) is 0. The number of carbonyl (C=O) groups is 1. The summed E-state index contributed by atoms with van der Waals surface area (Å²) in [5, 5.41) is 14.7. The minimum atomic E-state index is -0.489. The molecule has 1 aromatic rings. The first kappa shape index (κ1) is 19.5. The first-order valence-corrected chi connectivity index (χ1v) is 8.73. The molecular weight excluding hydrogens is 327 g/mol. The van der Waals surface area contributed by atoms with Gasteiger partial charge < -0.3 is 20.5 Å². The number of amides is 1. The molecule has 1 aromatic heterocycles. The van der Waals surface area contributed by atoms with Gasteiger partial charge in [-0.15, -0.1) is 0 Å². The van der Waals surface area contributed by atoms with Gasteiger partial charge >= 0.3 is 0 Å². The van der Waals surface area contributed by atoms with E-state index >= 15 is 0 Å². The maximum atomic E-state index is 14.2. The van der Waals surface area contributed by atoms with Crippen molar-refractivity contribution in [1.82, 2.24) is 15.3 Å². The molecule has 1 amide bonds. The van der Waals surface area contributed by atoms with Crippen LogP contribution in [0.1, 0.15) is 30.8 Å². The molecule has 140 valence electrons. The number of ether oxygens (including phenoxy) is 1. The third-order valence-corrected chi connectivity index (χ3v) is 4.42. The summed E-state index contributed by atoms with van der Waals surface area (Å²) in [6.07, 6.45) is 2.10. The number of hydrogen-bond donors (Lipinski definition) is 3. The van der Waals surface area contributed by atoms with Gasteiger partial charge in [0.05, 0.1) is 11.6 Å². The van der Waals surface area contributed by atoms with Gasteiger partial charge in [-0.05, 0) is 39.0 Å². The molecule has 1 aliphatic heterocycles. The van der Waals surface area contributed by atoms with E-state index in [-0.39, 0.29) is 35.9 Å². The van der Waals surface area contributed by atoms with Crippen molar-refractivity contribution in [1.29, 1.82) is 0 Å². The van der Waals surface area contributed by atoms with E-state index in [1.807, 2.05) is 0 Å². The average molecular weight is 354 g/mol. The van der Waals surface area contributed by atoms with Crippen molar-refractivity contribution in [3.05, 3.63) is 17.3 Å². The van der Waals surface area contributed by atoms with E-state index in [9.17, 15) is 9.18 Å². The second-order valence-corrected chi connectivity index (χ2v) is 6.32. The fraction of sp³-hybridized carbons (Fsp3) is 0.706. The van der Waals surface area contributed by atoms with Crippen LogP contribution in [-0.2, 0) is 9.53 Å². The van der Waals surface area contributed by atoms with Crippen molar-refractivity contribution in [2.45, 2.75) is 33.1 Å². The van der Waals surface area contributed by atoms with Gasteiger partial charge in [-0.1, -0.05) is 0 Å². The number of halogens is 1. The molecule has 0 aromatic carbocycles. The Morgan fingerprint density at radius 3 is 2.76 bits per heavy atom. The van der Waals surface area contributed by atoms with Crippen molar-refractivity contribution < 1.29 is 19.0 Å². The molecule has 1 atom stereocenters. The number of carbonyl (C=O) groups excluding carboxylic acids is 1. The van der Waals surface area contributed by atoms with Gasteiger partial charge in [-0.2, -0.15) is 0 Å². The Morgan fingerprint density at radius 1 is 1.36 bits per heavy atom. The summed E-state index contributed by atoms with van der Waals surface area (Å²) < 4.78 is 19.6. The maximum absolute atomic E-state index is 14.2. The van der Waals surface area contributed by atoms with Crippen LogP contribution < -0.4 is 10.6 Å². The molecular formula is C17H27FN4O3. The Balaban J connectivity index is 2.06. The molecule has 7 nitrogen and oxygen atoms in total. The molecule has 0 aliphatic carbocycles. The molecule has 2 rings (SSSR count). The quantitative estimate of drug-likeness (QED) is 0.607. The standard InChI is InChI=1S/C17H27FN4O3/c1-11-15(18)16(22-12(2)21-11)20-10-14(13-4-8-25-9-5-13)17(24)19-6-3-7-23/h13-14,23H,3-10H2,1-2H3,(H,19,24)(H,20,21,22). The van der Waals surface area contributed by atoms with E-state index in [2.05, 4.69) is 20.6 Å². The fourth-order valence-electron chi connectivity index (χ4n) is 3.04. The Labute approximate surface area is 147 Å². The molecule has 1 saturated heterocycles. The second kappa shape index (κ2) is 9.62. The zero-order chi connectivity index (χ0) is 18.2. The normalized spacial score (nSPS) is 16.5. The van der Waals surface area contributed by atoms with Crippen molar-refractivity contribution >= 4 is 11.7 Å². The number of aliphatic hydroxyl groups is 1. The van der Waals surface area contributed by atoms with Crippen LogP contribution in [-0.4, -0.2) is 53.9 Å². The molecule has 2 heterocycles. The van der Waals surface area contributed by atoms with E-state index in [1.54, 1.807) is 13.8 Å². The van der Waals surface area contributed by atoms with Crippen LogP contribution in [0.4, 0.5) is 10.2 Å². The van der Waals surface area contributed by atoms with Gasteiger partial charge in [0.15, 0.2) is 11.6 Å². The third kappa shape index (κ3) is 5.61. The summed E-state index contributed by atoms with van der Waals surface area (Å²) in [6.45, 7) is 5.31. The lowest BCUT2D eigenvalue weighted by Crippen LogP contribution is -2.41. The highest BCUT2D eigenvalue weighted by Crippen LogP contribution is 2.25. The summed E-state index contributed by atoms with van der Waals surface area (Å²) in [6, 6.07) is 0. The average Bonchev–Trinajstić information content (AvgIpc) is 2.60. The van der Waals surface area contributed by atoms with Gasteiger partial charge in [-0.25, -0.2) is 14.4 Å². The minimum absolute atomic E-state index is 0.0329. The first-order chi connectivity index (χ1) is 12.0. The predicted octanol–water partition coefficient (Wildman–Crippen LogP) is 1.19. The van der Waals surface area contributed by atoms with Crippen molar-refractivity contribution in [2.24, 2.45) is 11.8 Å². The van der Waals surface area contributed by atoms with Crippen LogP contribution in [0.15, 0.2) is 0 Å². The molecule has 1 unspecified atom stereocenters. The van der Waals surface area contributed by atoms with Gasteiger partial charge in [0, 0.05) is 32.9 Å². The molecule has 25 heavy (non-hydrogen) atoms. The van der Waals surface area contributed by atoms with Crippen molar-refractivity contribution in [3.63, 3.8) is 0 Å². The summed E-state index contributed by atoms with van der Waals surface area (Å²) in [5.74, 6) is -0.102. The Bertz CT molecular complexity index is 579. The number of hydrogen-bond acceptors (Lipinski definition) is 6. The molecule has 0 radical (unpaired) electrons. The van der Waals surface area contributed by atoms with E-state index in [1.165, 1.54) is 0 Å². The van der Waals surface area contributed by atoms with E-state index in [4.69, 9.17) is 9.84 Å². The number of aromatic nitrogens is 2. The monoisotopic (exact) mass is 354 g/mol. The number of aliphatic hydroxyl groups excluding tert-OH is 1. The highest BCUT2D eigenvalue weighted by molar-refractivity contribution is 5.79. The Morgan fingerprint density at radius 2 is 2.08 bits per heavy atom. The maximum Gasteiger partial charge on any atom is 0.225 e. The van der Waals surface area contributed by atoms with Crippen LogP contribution in [0, 0.1) is 31.5 Å². The molecule has 0 bridgehead atoms. The van der Waals surface area contributed by atoms with Crippen molar-refractivity contribution in [3.8, 4) is 0 Å². The number of rotatable bonds is 8. The van der Waals surface area contributed by atoms with E-state index < -0.39 is 5.82 Å². The third-order valence-electron chi connectivity index (χ3n) is 4.42. The predicted molar refractivity (Wildman–Crippen MR) is 91.7 cm³/mol. The lowest BCUT2D eigenvalue weighted by molar-refractivity contribution is -0.127. The van der Waals surface area contributed by atoms with Gasteiger partial charge in [0.2, 0.25) is 5.91 Å². The fourth-order valence-corrected chi connectivity index (χ4v) is 3.04. The molecule has 0 spiro atoms. The number of nitrogens with one attached hydrogen (secondary N) is 2. The van der Waals surface area contributed by atoms with Crippen LogP contribution in [0.5, 0.6) is 0 Å². The highest BCUT2D eigenvalue weighted by Gasteiger charge is 2.30. The zero-order valence-electron chi connectivity index (χ0n) is 14.8. The molecule has 3 N–H and O–H groups in total. The summed E-state index contributed by atoms with van der Waals surface area (Å²) >= 11 is 0. The number of aryl methyl sites for hydroxylation is 2. The van der Waals surface area contributed by atoms with Gasteiger partial charge in [0.25, 0.3) is 0 Å². The Kier molecular flexibility index (Phi) is 7.52. The second-order valence-electron chi connectivity index (χ2n) is 6.32. The zero-order valence-corrected chi connectivity index (χ0v) is 14.8. The highest BCUT2D eigenvalue weighted by atomic mass is 19.1. The SMILES string of the molecule is Cc1nc(C)c(F)c(NCC(C(=O)NCCCO)C2CCOCC2)n1.